The molecule has 0 saturated carbocycles. The van der Waals surface area contributed by atoms with E-state index in [1.54, 1.807) is 6.20 Å². The van der Waals surface area contributed by atoms with Crippen LogP contribution in [0.4, 0.5) is 0 Å². The van der Waals surface area contributed by atoms with Gasteiger partial charge in [-0.05, 0) is 48.5 Å². The van der Waals surface area contributed by atoms with Crippen molar-refractivity contribution in [1.29, 1.82) is 0 Å². The first-order chi connectivity index (χ1) is 15.9. The molecule has 32 heavy (non-hydrogen) atoms. The summed E-state index contributed by atoms with van der Waals surface area (Å²) in [7, 11) is 0. The second-order valence-electron chi connectivity index (χ2n) is 7.79. The molecule has 0 aliphatic heterocycles. The first-order valence-corrected chi connectivity index (χ1v) is 11.3. The van der Waals surface area contributed by atoms with E-state index in [0.717, 1.165) is 38.9 Å². The third-order valence-electron chi connectivity index (χ3n) is 5.99. The topological polar surface area (TPSA) is 43.6 Å². The monoisotopic (exact) mass is 428 g/mol. The molecule has 0 bridgehead atoms. The van der Waals surface area contributed by atoms with Crippen LogP contribution in [0, 0.1) is 0 Å². The maximum Gasteiger partial charge on any atom is 0.137 e. The van der Waals surface area contributed by atoms with Gasteiger partial charge < -0.3 is 0 Å². The van der Waals surface area contributed by atoms with Crippen LogP contribution in [-0.2, 0) is 0 Å². The molecule has 0 aliphatic carbocycles. The molecule has 0 fully saturated rings. The smallest absolute Gasteiger partial charge is 0.137 e. The lowest BCUT2D eigenvalue weighted by molar-refractivity contribution is 1.08. The minimum absolute atomic E-state index is 0.883. The van der Waals surface area contributed by atoms with E-state index in [1.807, 2.05) is 42.1 Å². The molecule has 7 rings (SSSR count). The number of aromatic nitrogens is 4. The maximum absolute atomic E-state index is 4.88. The van der Waals surface area contributed by atoms with Gasteiger partial charge in [-0.3, -0.25) is 14.5 Å². The largest absolute Gasteiger partial charge is 0.291 e. The number of pyridine rings is 3. The van der Waals surface area contributed by atoms with Crippen LogP contribution in [0.3, 0.4) is 0 Å². The fraction of sp³-hybridized carbons (Fsp3) is 0. The average molecular weight is 429 g/mol. The highest BCUT2D eigenvalue weighted by atomic mass is 32.1. The number of nitrogens with zero attached hydrogens (tertiary/aromatic N) is 4. The summed E-state index contributed by atoms with van der Waals surface area (Å²) in [6.45, 7) is 0. The molecule has 4 nitrogen and oxygen atoms in total. The second-order valence-corrected chi connectivity index (χ2v) is 8.87. The lowest BCUT2D eigenvalue weighted by Crippen LogP contribution is -1.97. The van der Waals surface area contributed by atoms with Crippen LogP contribution in [0.1, 0.15) is 0 Å². The van der Waals surface area contributed by atoms with Crippen LogP contribution in [0.25, 0.3) is 59.1 Å². The lowest BCUT2D eigenvalue weighted by atomic mass is 10.1. The van der Waals surface area contributed by atoms with Gasteiger partial charge in [0.15, 0.2) is 0 Å². The molecule has 150 valence electrons. The fourth-order valence-corrected chi connectivity index (χ4v) is 5.70. The Bertz CT molecular complexity index is 1760. The Morgan fingerprint density at radius 3 is 2.44 bits per heavy atom. The summed E-state index contributed by atoms with van der Waals surface area (Å²) in [5.41, 5.74) is 5.33. The molecule has 5 heteroatoms. The Labute approximate surface area is 187 Å². The van der Waals surface area contributed by atoms with Gasteiger partial charge in [-0.2, -0.15) is 0 Å². The van der Waals surface area contributed by atoms with Crippen LogP contribution in [0.5, 0.6) is 0 Å². The summed E-state index contributed by atoms with van der Waals surface area (Å²) < 4.78 is 4.82. The molecule has 5 aromatic heterocycles. The molecule has 2 aromatic carbocycles. The molecule has 0 unspecified atom stereocenters. The molecule has 0 aliphatic rings. The zero-order valence-electron chi connectivity index (χ0n) is 16.9. The predicted octanol–water partition coefficient (Wildman–Crippen LogP) is 7.00. The second kappa shape index (κ2) is 6.70. The van der Waals surface area contributed by atoms with Crippen molar-refractivity contribution >= 4 is 53.4 Å². The maximum atomic E-state index is 4.88. The summed E-state index contributed by atoms with van der Waals surface area (Å²) in [6.07, 6.45) is 7.43. The number of benzene rings is 2. The zero-order valence-corrected chi connectivity index (χ0v) is 17.8. The van der Waals surface area contributed by atoms with Gasteiger partial charge in [0.25, 0.3) is 0 Å². The van der Waals surface area contributed by atoms with Crippen LogP contribution < -0.4 is 0 Å². The van der Waals surface area contributed by atoms with Gasteiger partial charge in [0.2, 0.25) is 0 Å². The average Bonchev–Trinajstić information content (AvgIpc) is 3.40. The Balaban J connectivity index is 1.59. The normalized spacial score (nSPS) is 11.8. The summed E-state index contributed by atoms with van der Waals surface area (Å²) in [4.78, 5) is 13.9. The van der Waals surface area contributed by atoms with Gasteiger partial charge in [0.1, 0.15) is 5.82 Å². The van der Waals surface area contributed by atoms with E-state index < -0.39 is 0 Å². The molecule has 0 spiro atoms. The highest BCUT2D eigenvalue weighted by Crippen LogP contribution is 2.42. The Morgan fingerprint density at radius 1 is 0.656 bits per heavy atom. The quantitative estimate of drug-likeness (QED) is 0.298. The van der Waals surface area contributed by atoms with Crippen molar-refractivity contribution in [2.75, 3.05) is 0 Å². The molecular formula is C27H16N4S. The van der Waals surface area contributed by atoms with Crippen molar-refractivity contribution in [3.05, 3.63) is 97.6 Å². The third-order valence-corrected chi connectivity index (χ3v) is 7.13. The van der Waals surface area contributed by atoms with E-state index in [4.69, 9.17) is 9.97 Å². The van der Waals surface area contributed by atoms with Gasteiger partial charge in [0, 0.05) is 61.5 Å². The first kappa shape index (κ1) is 17.6. The number of hydrogen-bond donors (Lipinski definition) is 0. The van der Waals surface area contributed by atoms with E-state index in [0.29, 0.717) is 0 Å². The molecule has 0 atom stereocenters. The SMILES string of the molecule is c1cncc(-c2ccc(-n3c4cccnc4c4ccc5sc6ccccc6c5c43)nc2)c1. The molecule has 0 radical (unpaired) electrons. The van der Waals surface area contributed by atoms with Crippen molar-refractivity contribution in [2.45, 2.75) is 0 Å². The molecule has 5 heterocycles. The minimum Gasteiger partial charge on any atom is -0.291 e. The van der Waals surface area contributed by atoms with Gasteiger partial charge >= 0.3 is 0 Å². The molecular weight excluding hydrogens is 412 g/mol. The van der Waals surface area contributed by atoms with E-state index in [1.165, 1.54) is 20.2 Å². The van der Waals surface area contributed by atoms with Crippen molar-refractivity contribution in [2.24, 2.45) is 0 Å². The van der Waals surface area contributed by atoms with Crippen LogP contribution in [0.15, 0.2) is 97.6 Å². The van der Waals surface area contributed by atoms with Crippen molar-refractivity contribution in [1.82, 2.24) is 19.5 Å². The Kier molecular flexibility index (Phi) is 3.68. The Morgan fingerprint density at radius 2 is 1.56 bits per heavy atom. The number of fused-ring (bicyclic) bond motifs is 7. The van der Waals surface area contributed by atoms with Gasteiger partial charge in [-0.1, -0.05) is 24.3 Å². The summed E-state index contributed by atoms with van der Waals surface area (Å²) in [5, 5.41) is 3.68. The standard InChI is InChI=1S/C27H16N4S/c1-2-8-22-19(6-1)25-23(32-22)11-10-20-26-21(7-4-14-29-26)31(27(20)25)24-12-9-18(16-30-24)17-5-3-13-28-15-17/h1-16H. The van der Waals surface area contributed by atoms with Crippen molar-refractivity contribution in [3.8, 4) is 16.9 Å². The van der Waals surface area contributed by atoms with E-state index >= 15 is 0 Å². The van der Waals surface area contributed by atoms with E-state index in [-0.39, 0.29) is 0 Å². The Hall–Kier alpha value is -4.09. The number of rotatable bonds is 2. The van der Waals surface area contributed by atoms with Crippen molar-refractivity contribution in [3.63, 3.8) is 0 Å². The first-order valence-electron chi connectivity index (χ1n) is 10.4. The number of hydrogen-bond acceptors (Lipinski definition) is 4. The van der Waals surface area contributed by atoms with Crippen LogP contribution in [0.2, 0.25) is 0 Å². The summed E-state index contributed by atoms with van der Waals surface area (Å²) >= 11 is 1.83. The van der Waals surface area contributed by atoms with Crippen LogP contribution in [-0.4, -0.2) is 19.5 Å². The van der Waals surface area contributed by atoms with Crippen LogP contribution >= 0.6 is 11.3 Å². The summed E-state index contributed by atoms with van der Waals surface area (Å²) in [5.74, 6) is 0.883. The minimum atomic E-state index is 0.883. The zero-order chi connectivity index (χ0) is 21.1. The molecule has 0 N–H and O–H groups in total. The highest BCUT2D eigenvalue weighted by molar-refractivity contribution is 7.26. The molecule has 0 amide bonds. The summed E-state index contributed by atoms with van der Waals surface area (Å²) in [6, 6.07) is 25.3. The van der Waals surface area contributed by atoms with Gasteiger partial charge in [0.05, 0.1) is 16.6 Å². The molecule has 7 aromatic rings. The highest BCUT2D eigenvalue weighted by Gasteiger charge is 2.19. The van der Waals surface area contributed by atoms with Gasteiger partial charge in [-0.15, -0.1) is 11.3 Å². The number of thiophene rings is 1. The fourth-order valence-electron chi connectivity index (χ4n) is 4.59. The molecule has 0 saturated heterocycles. The van der Waals surface area contributed by atoms with E-state index in [9.17, 15) is 0 Å². The third kappa shape index (κ3) is 2.46. The van der Waals surface area contributed by atoms with Crippen molar-refractivity contribution < 1.29 is 0 Å². The van der Waals surface area contributed by atoms with Gasteiger partial charge in [-0.25, -0.2) is 4.98 Å². The van der Waals surface area contributed by atoms with E-state index in [2.05, 4.69) is 70.2 Å². The lowest BCUT2D eigenvalue weighted by Gasteiger charge is -2.09. The predicted molar refractivity (Wildman–Crippen MR) is 132 cm³/mol.